The molecule has 1 unspecified atom stereocenters. The van der Waals surface area contributed by atoms with Crippen molar-refractivity contribution in [3.05, 3.63) is 29.6 Å². The molecule has 2 nitrogen and oxygen atoms in total. The molecule has 0 saturated carbocycles. The quantitative estimate of drug-likeness (QED) is 0.772. The monoisotopic (exact) mass is 253 g/mol. The molecule has 1 atom stereocenters. The van der Waals surface area contributed by atoms with Gasteiger partial charge in [-0.2, -0.15) is 11.8 Å². The molecule has 0 aliphatic carbocycles. The Labute approximate surface area is 105 Å². The maximum Gasteiger partial charge on any atom is 0.150 e. The molecule has 4 heteroatoms. The number of hydrogen-bond acceptors (Lipinski definition) is 3. The van der Waals surface area contributed by atoms with Crippen molar-refractivity contribution in [3.63, 3.8) is 0 Å². The summed E-state index contributed by atoms with van der Waals surface area (Å²) in [5, 5.41) is 0.578. The van der Waals surface area contributed by atoms with Crippen LogP contribution in [-0.4, -0.2) is 30.4 Å². The predicted octanol–water partition coefficient (Wildman–Crippen LogP) is 2.97. The minimum absolute atomic E-state index is 0.295. The van der Waals surface area contributed by atoms with Crippen molar-refractivity contribution in [1.29, 1.82) is 0 Å². The van der Waals surface area contributed by atoms with Gasteiger partial charge in [0.15, 0.2) is 0 Å². The third-order valence-corrected chi connectivity index (χ3v) is 4.41. The largest absolute Gasteiger partial charge is 0.367 e. The summed E-state index contributed by atoms with van der Waals surface area (Å²) in [7, 11) is 0. The second-order valence-corrected chi connectivity index (χ2v) is 5.58. The van der Waals surface area contributed by atoms with Gasteiger partial charge in [-0.05, 0) is 24.6 Å². The number of benzene rings is 1. The zero-order valence-electron chi connectivity index (χ0n) is 9.86. The smallest absolute Gasteiger partial charge is 0.150 e. The van der Waals surface area contributed by atoms with Crippen LogP contribution in [0.3, 0.4) is 0 Å². The van der Waals surface area contributed by atoms with Gasteiger partial charge in [0.05, 0.1) is 5.69 Å². The molecule has 2 rings (SSSR count). The maximum atomic E-state index is 13.8. The Balaban J connectivity index is 2.18. The highest BCUT2D eigenvalue weighted by Gasteiger charge is 2.21. The molecule has 1 fully saturated rings. The van der Waals surface area contributed by atoms with E-state index in [4.69, 9.17) is 0 Å². The van der Waals surface area contributed by atoms with E-state index in [0.717, 1.165) is 25.3 Å². The fourth-order valence-corrected chi connectivity index (χ4v) is 3.22. The summed E-state index contributed by atoms with van der Waals surface area (Å²) in [6.45, 7) is 3.92. The topological polar surface area (TPSA) is 20.3 Å². The number of carbonyl (C=O) groups is 1. The third kappa shape index (κ3) is 2.80. The van der Waals surface area contributed by atoms with Crippen LogP contribution in [0.1, 0.15) is 23.7 Å². The fraction of sp³-hybridized carbons (Fsp3) is 0.462. The van der Waals surface area contributed by atoms with Gasteiger partial charge in [-0.15, -0.1) is 0 Å². The molecule has 1 heterocycles. The van der Waals surface area contributed by atoms with Gasteiger partial charge in [-0.3, -0.25) is 4.79 Å². The van der Waals surface area contributed by atoms with Gasteiger partial charge in [-0.1, -0.05) is 6.92 Å². The van der Waals surface area contributed by atoms with Crippen molar-refractivity contribution in [2.45, 2.75) is 18.6 Å². The van der Waals surface area contributed by atoms with Gasteiger partial charge < -0.3 is 4.90 Å². The molecule has 1 aromatic carbocycles. The molecule has 0 spiro atoms. The van der Waals surface area contributed by atoms with Gasteiger partial charge in [0.1, 0.15) is 12.1 Å². The Morgan fingerprint density at radius 2 is 2.41 bits per heavy atom. The minimum atomic E-state index is -0.295. The maximum absolute atomic E-state index is 13.8. The van der Waals surface area contributed by atoms with Crippen molar-refractivity contribution in [2.75, 3.05) is 23.7 Å². The normalized spacial score (nSPS) is 20.4. The molecule has 0 bridgehead atoms. The first kappa shape index (κ1) is 12.4. The first-order valence-corrected chi connectivity index (χ1v) is 6.90. The van der Waals surface area contributed by atoms with Crippen LogP contribution in [0, 0.1) is 5.82 Å². The summed E-state index contributed by atoms with van der Waals surface area (Å²) >= 11 is 1.95. The van der Waals surface area contributed by atoms with Crippen LogP contribution in [0.25, 0.3) is 0 Å². The first-order valence-electron chi connectivity index (χ1n) is 5.86. The second kappa shape index (κ2) is 5.54. The number of thioether (sulfide) groups is 1. The van der Waals surface area contributed by atoms with E-state index in [1.165, 1.54) is 6.07 Å². The van der Waals surface area contributed by atoms with Crippen LogP contribution in [0.4, 0.5) is 10.1 Å². The molecule has 0 radical (unpaired) electrons. The van der Waals surface area contributed by atoms with E-state index in [-0.39, 0.29) is 5.82 Å². The number of halogens is 1. The van der Waals surface area contributed by atoms with E-state index in [1.807, 2.05) is 11.8 Å². The van der Waals surface area contributed by atoms with Gasteiger partial charge in [0.25, 0.3) is 0 Å². The van der Waals surface area contributed by atoms with E-state index in [1.54, 1.807) is 12.1 Å². The van der Waals surface area contributed by atoms with Gasteiger partial charge in [0.2, 0.25) is 0 Å². The average Bonchev–Trinajstić information content (AvgIpc) is 2.38. The fourth-order valence-electron chi connectivity index (χ4n) is 2.04. The van der Waals surface area contributed by atoms with Crippen molar-refractivity contribution in [2.24, 2.45) is 0 Å². The average molecular weight is 253 g/mol. The van der Waals surface area contributed by atoms with Crippen LogP contribution in [0.2, 0.25) is 0 Å². The lowest BCUT2D eigenvalue weighted by Gasteiger charge is -2.33. The zero-order chi connectivity index (χ0) is 12.3. The highest BCUT2D eigenvalue weighted by Crippen LogP contribution is 2.27. The second-order valence-electron chi connectivity index (χ2n) is 4.18. The molecule has 0 aromatic heterocycles. The summed E-state index contributed by atoms with van der Waals surface area (Å²) in [6, 6.07) is 4.70. The number of anilines is 1. The van der Waals surface area contributed by atoms with Crippen molar-refractivity contribution in [1.82, 2.24) is 0 Å². The molecule has 1 aliphatic heterocycles. The van der Waals surface area contributed by atoms with E-state index in [2.05, 4.69) is 11.8 Å². The summed E-state index contributed by atoms with van der Waals surface area (Å²) in [4.78, 5) is 12.6. The molecule has 1 saturated heterocycles. The minimum Gasteiger partial charge on any atom is -0.367 e. The molecule has 0 N–H and O–H groups in total. The van der Waals surface area contributed by atoms with Crippen LogP contribution < -0.4 is 4.90 Å². The molecule has 1 aromatic rings. The van der Waals surface area contributed by atoms with Gasteiger partial charge in [0, 0.05) is 29.7 Å². The highest BCUT2D eigenvalue weighted by molar-refractivity contribution is 8.00. The number of aldehydes is 1. The van der Waals surface area contributed by atoms with E-state index >= 15 is 0 Å². The molecule has 1 aliphatic rings. The lowest BCUT2D eigenvalue weighted by atomic mass is 10.2. The van der Waals surface area contributed by atoms with Crippen molar-refractivity contribution >= 4 is 23.7 Å². The Morgan fingerprint density at radius 1 is 1.59 bits per heavy atom. The Kier molecular flexibility index (Phi) is 4.05. The van der Waals surface area contributed by atoms with E-state index < -0.39 is 0 Å². The van der Waals surface area contributed by atoms with Crippen LogP contribution in [0.15, 0.2) is 18.2 Å². The van der Waals surface area contributed by atoms with Crippen LogP contribution in [0.5, 0.6) is 0 Å². The third-order valence-electron chi connectivity index (χ3n) is 3.04. The summed E-state index contributed by atoms with van der Waals surface area (Å²) < 4.78 is 13.8. The zero-order valence-corrected chi connectivity index (χ0v) is 10.7. The summed E-state index contributed by atoms with van der Waals surface area (Å²) in [5.41, 5.74) is 1.01. The lowest BCUT2D eigenvalue weighted by molar-refractivity contribution is 0.112. The SMILES string of the molecule is CCC1CN(c2ccc(C=O)cc2F)CCS1. The Bertz CT molecular complexity index is 410. The molecule has 92 valence electrons. The molecular formula is C13H16FNOS. The van der Waals surface area contributed by atoms with Gasteiger partial charge >= 0.3 is 0 Å². The predicted molar refractivity (Wildman–Crippen MR) is 70.5 cm³/mol. The molecule has 17 heavy (non-hydrogen) atoms. The van der Waals surface area contributed by atoms with E-state index in [0.29, 0.717) is 22.8 Å². The summed E-state index contributed by atoms with van der Waals surface area (Å²) in [5.74, 6) is 0.740. The summed E-state index contributed by atoms with van der Waals surface area (Å²) in [6.07, 6.45) is 1.78. The molecular weight excluding hydrogens is 237 g/mol. The van der Waals surface area contributed by atoms with Crippen LogP contribution >= 0.6 is 11.8 Å². The van der Waals surface area contributed by atoms with E-state index in [9.17, 15) is 9.18 Å². The lowest BCUT2D eigenvalue weighted by Crippen LogP contribution is -2.38. The standard InChI is InChI=1S/C13H16FNOS/c1-2-11-8-15(5-6-17-11)13-4-3-10(9-16)7-12(13)14/h3-4,7,9,11H,2,5-6,8H2,1H3. The van der Waals surface area contributed by atoms with Crippen molar-refractivity contribution in [3.8, 4) is 0 Å². The number of nitrogens with zero attached hydrogens (tertiary/aromatic N) is 1. The first-order chi connectivity index (χ1) is 8.24. The highest BCUT2D eigenvalue weighted by atomic mass is 32.2. The van der Waals surface area contributed by atoms with Crippen molar-refractivity contribution < 1.29 is 9.18 Å². The van der Waals surface area contributed by atoms with Crippen LogP contribution in [-0.2, 0) is 0 Å². The Morgan fingerprint density at radius 3 is 3.06 bits per heavy atom. The number of hydrogen-bond donors (Lipinski definition) is 0. The van der Waals surface area contributed by atoms with Gasteiger partial charge in [-0.25, -0.2) is 4.39 Å². The molecule has 0 amide bonds. The number of carbonyl (C=O) groups excluding carboxylic acids is 1. The number of rotatable bonds is 3. The Hall–Kier alpha value is -1.03.